The topological polar surface area (TPSA) is 12.0 Å². The van der Waals surface area contributed by atoms with E-state index in [0.29, 0.717) is 5.69 Å². The Hall–Kier alpha value is -1.05. The number of aryl methyl sites for hydroxylation is 1. The van der Waals surface area contributed by atoms with Crippen LogP contribution in [0.5, 0.6) is 0 Å². The van der Waals surface area contributed by atoms with E-state index >= 15 is 0 Å². The lowest BCUT2D eigenvalue weighted by Crippen LogP contribution is -1.94. The Morgan fingerprint density at radius 1 is 1.25 bits per heavy atom. The van der Waals surface area contributed by atoms with Gasteiger partial charge in [-0.15, -0.1) is 0 Å². The molecule has 1 N–H and O–H groups in total. The maximum atomic E-state index is 12.8. The van der Waals surface area contributed by atoms with Gasteiger partial charge in [0.05, 0.1) is 5.69 Å². The number of rotatable bonds is 1. The fraction of sp³-hybridized carbons (Fsp3) is 0.400. The molecule has 0 atom stereocenters. The van der Waals surface area contributed by atoms with Crippen LogP contribution in [0.25, 0.3) is 0 Å². The van der Waals surface area contributed by atoms with E-state index in [4.69, 9.17) is 0 Å². The van der Waals surface area contributed by atoms with Crippen molar-refractivity contribution in [1.82, 2.24) is 0 Å². The van der Waals surface area contributed by atoms with E-state index in [2.05, 4.69) is 5.32 Å². The first-order valence-corrected chi connectivity index (χ1v) is 4.18. The van der Waals surface area contributed by atoms with Gasteiger partial charge >= 0.3 is 0 Å². The molecule has 0 aromatic heterocycles. The molecule has 68 valence electrons. The molecule has 0 unspecified atom stereocenters. The zero-order valence-corrected chi connectivity index (χ0v) is 8.11. The van der Waals surface area contributed by atoms with Gasteiger partial charge in [-0.05, 0) is 18.6 Å². The van der Waals surface area contributed by atoms with Crippen molar-refractivity contribution < 1.29 is 4.39 Å². The van der Waals surface area contributed by atoms with E-state index in [9.17, 15) is 4.39 Å². The van der Waals surface area contributed by atoms with Gasteiger partial charge in [0, 0.05) is 7.05 Å². The zero-order chi connectivity index (χ0) is 9.56. The average molecular weight is 169 g/mol. The fourth-order valence-electron chi connectivity index (χ4n) is 0.949. The number of para-hydroxylation sites is 1. The maximum Gasteiger partial charge on any atom is 0.146 e. The van der Waals surface area contributed by atoms with Gasteiger partial charge in [-0.1, -0.05) is 26.0 Å². The minimum Gasteiger partial charge on any atom is -0.386 e. The molecule has 0 amide bonds. The first-order valence-electron chi connectivity index (χ1n) is 4.18. The van der Waals surface area contributed by atoms with Crippen LogP contribution in [0.4, 0.5) is 10.1 Å². The Labute approximate surface area is 73.6 Å². The first kappa shape index (κ1) is 11.0. The van der Waals surface area contributed by atoms with Crippen molar-refractivity contribution in [1.29, 1.82) is 0 Å². The van der Waals surface area contributed by atoms with Gasteiger partial charge < -0.3 is 5.32 Å². The second kappa shape index (κ2) is 5.58. The van der Waals surface area contributed by atoms with Crippen LogP contribution in [0.1, 0.15) is 19.4 Å². The van der Waals surface area contributed by atoms with E-state index in [1.54, 1.807) is 13.1 Å². The maximum absolute atomic E-state index is 12.8. The monoisotopic (exact) mass is 169 g/mol. The summed E-state index contributed by atoms with van der Waals surface area (Å²) in [5.74, 6) is -0.192. The normalized spacial score (nSPS) is 8.42. The number of halogens is 1. The molecular weight excluding hydrogens is 153 g/mol. The minimum absolute atomic E-state index is 0.192. The molecule has 0 fully saturated rings. The lowest BCUT2D eigenvalue weighted by molar-refractivity contribution is 0.630. The van der Waals surface area contributed by atoms with Crippen LogP contribution in [-0.4, -0.2) is 7.05 Å². The lowest BCUT2D eigenvalue weighted by atomic mass is 10.2. The van der Waals surface area contributed by atoms with Crippen LogP contribution in [0.3, 0.4) is 0 Å². The van der Waals surface area contributed by atoms with Crippen LogP contribution in [0, 0.1) is 12.7 Å². The Kier molecular flexibility index (Phi) is 5.09. The molecule has 1 nitrogen and oxygen atoms in total. The summed E-state index contributed by atoms with van der Waals surface area (Å²) in [5, 5.41) is 2.79. The second-order valence-corrected chi connectivity index (χ2v) is 2.18. The molecule has 0 radical (unpaired) electrons. The molecule has 1 aromatic rings. The van der Waals surface area contributed by atoms with E-state index < -0.39 is 0 Å². The molecule has 0 aliphatic heterocycles. The highest BCUT2D eigenvalue weighted by Crippen LogP contribution is 2.16. The van der Waals surface area contributed by atoms with Gasteiger partial charge in [0.1, 0.15) is 5.82 Å². The molecule has 1 aromatic carbocycles. The van der Waals surface area contributed by atoms with Crippen molar-refractivity contribution in [2.45, 2.75) is 20.8 Å². The molecule has 0 aliphatic rings. The molecule has 1 rings (SSSR count). The van der Waals surface area contributed by atoms with Gasteiger partial charge in [-0.2, -0.15) is 0 Å². The van der Waals surface area contributed by atoms with Crippen molar-refractivity contribution in [2.75, 3.05) is 12.4 Å². The van der Waals surface area contributed by atoms with E-state index in [1.807, 2.05) is 26.8 Å². The third-order valence-electron chi connectivity index (χ3n) is 1.47. The van der Waals surface area contributed by atoms with Crippen molar-refractivity contribution in [3.63, 3.8) is 0 Å². The third-order valence-corrected chi connectivity index (χ3v) is 1.47. The van der Waals surface area contributed by atoms with Crippen molar-refractivity contribution in [2.24, 2.45) is 0 Å². The number of anilines is 1. The third kappa shape index (κ3) is 2.53. The summed E-state index contributed by atoms with van der Waals surface area (Å²) < 4.78 is 12.8. The molecule has 0 heterocycles. The number of nitrogens with one attached hydrogen (secondary N) is 1. The van der Waals surface area contributed by atoms with Gasteiger partial charge in [0.2, 0.25) is 0 Å². The van der Waals surface area contributed by atoms with Crippen molar-refractivity contribution in [3.8, 4) is 0 Å². The Bertz CT molecular complexity index is 213. The highest BCUT2D eigenvalue weighted by molar-refractivity contribution is 5.50. The lowest BCUT2D eigenvalue weighted by Gasteiger charge is -2.04. The summed E-state index contributed by atoms with van der Waals surface area (Å²) in [6, 6.07) is 5.01. The van der Waals surface area contributed by atoms with Crippen molar-refractivity contribution >= 4 is 5.69 Å². The predicted molar refractivity (Wildman–Crippen MR) is 52.0 cm³/mol. The van der Waals surface area contributed by atoms with Crippen LogP contribution in [0.2, 0.25) is 0 Å². The summed E-state index contributed by atoms with van der Waals surface area (Å²) >= 11 is 0. The first-order chi connectivity index (χ1) is 5.75. The standard InChI is InChI=1S/C8H10FN.C2H6/c1-6-4-3-5-7(9)8(6)10-2;1-2/h3-5,10H,1-2H3;1-2H3. The van der Waals surface area contributed by atoms with Gasteiger partial charge in [-0.3, -0.25) is 0 Å². The molecule has 0 saturated heterocycles. The van der Waals surface area contributed by atoms with Crippen LogP contribution < -0.4 is 5.32 Å². The summed E-state index contributed by atoms with van der Waals surface area (Å²) in [6.07, 6.45) is 0. The summed E-state index contributed by atoms with van der Waals surface area (Å²) in [7, 11) is 1.71. The highest BCUT2D eigenvalue weighted by Gasteiger charge is 1.99. The minimum atomic E-state index is -0.192. The summed E-state index contributed by atoms with van der Waals surface area (Å²) in [6.45, 7) is 5.87. The predicted octanol–water partition coefficient (Wildman–Crippen LogP) is 3.20. The quantitative estimate of drug-likeness (QED) is 0.680. The molecule has 0 saturated carbocycles. The van der Waals surface area contributed by atoms with Gasteiger partial charge in [-0.25, -0.2) is 4.39 Å². The highest BCUT2D eigenvalue weighted by atomic mass is 19.1. The van der Waals surface area contributed by atoms with Crippen LogP contribution in [-0.2, 0) is 0 Å². The number of benzene rings is 1. The number of hydrogen-bond acceptors (Lipinski definition) is 1. The molecule has 2 heteroatoms. The molecule has 12 heavy (non-hydrogen) atoms. The number of hydrogen-bond donors (Lipinski definition) is 1. The van der Waals surface area contributed by atoms with E-state index in [-0.39, 0.29) is 5.82 Å². The van der Waals surface area contributed by atoms with Crippen LogP contribution in [0.15, 0.2) is 18.2 Å². The van der Waals surface area contributed by atoms with E-state index in [1.165, 1.54) is 6.07 Å². The summed E-state index contributed by atoms with van der Waals surface area (Å²) in [4.78, 5) is 0. The Morgan fingerprint density at radius 2 is 1.83 bits per heavy atom. The molecule has 0 bridgehead atoms. The Balaban J connectivity index is 0.000000561. The molecular formula is C10H16FN. The fourth-order valence-corrected chi connectivity index (χ4v) is 0.949. The van der Waals surface area contributed by atoms with Crippen LogP contribution >= 0.6 is 0 Å². The Morgan fingerprint density at radius 3 is 2.17 bits per heavy atom. The smallest absolute Gasteiger partial charge is 0.146 e. The summed E-state index contributed by atoms with van der Waals surface area (Å²) in [5.41, 5.74) is 1.52. The van der Waals surface area contributed by atoms with E-state index in [0.717, 1.165) is 5.56 Å². The van der Waals surface area contributed by atoms with Gasteiger partial charge in [0.15, 0.2) is 0 Å². The van der Waals surface area contributed by atoms with Gasteiger partial charge in [0.25, 0.3) is 0 Å². The second-order valence-electron chi connectivity index (χ2n) is 2.18. The zero-order valence-electron chi connectivity index (χ0n) is 8.11. The van der Waals surface area contributed by atoms with Crippen molar-refractivity contribution in [3.05, 3.63) is 29.6 Å². The largest absolute Gasteiger partial charge is 0.386 e. The molecule has 0 spiro atoms. The average Bonchev–Trinajstić information content (AvgIpc) is 2.08. The molecule has 0 aliphatic carbocycles. The SMILES string of the molecule is CC.CNc1c(C)cccc1F.